The van der Waals surface area contributed by atoms with Crippen LogP contribution in [0.25, 0.3) is 0 Å². The highest BCUT2D eigenvalue weighted by Crippen LogP contribution is 2.55. The fourth-order valence-corrected chi connectivity index (χ4v) is 6.70. The molecule has 0 radical (unpaired) electrons. The van der Waals surface area contributed by atoms with Crippen molar-refractivity contribution in [2.75, 3.05) is 19.2 Å². The topological polar surface area (TPSA) is 167 Å². The lowest BCUT2D eigenvalue weighted by atomic mass is 10.2. The standard InChI is InChI=1S/C27H39NO11P2/c1-20(2)38-41(34,39-21(3)4)19-37-24-14-12-23(13-15-24)26(30)40(32,33)16-8-11-25(29)36-18-28-27(31)35-17-22-9-6-5-7-10-22/h5-7,9-10,12-15,20-21,26,30H,8,11,16-19H2,1-4H3,(H,28,31)(H,32,33)/t26-/m0/s1. The zero-order chi connectivity index (χ0) is 30.5. The largest absolute Gasteiger partial charge is 0.481 e. The van der Waals surface area contributed by atoms with Crippen molar-refractivity contribution in [2.45, 2.75) is 65.2 Å². The lowest BCUT2D eigenvalue weighted by Gasteiger charge is -2.23. The van der Waals surface area contributed by atoms with Crippen molar-refractivity contribution in [1.29, 1.82) is 0 Å². The second-order valence-electron chi connectivity index (χ2n) is 9.62. The zero-order valence-electron chi connectivity index (χ0n) is 23.6. The van der Waals surface area contributed by atoms with Crippen LogP contribution >= 0.6 is 15.0 Å². The van der Waals surface area contributed by atoms with E-state index < -0.39 is 39.6 Å². The zero-order valence-corrected chi connectivity index (χ0v) is 25.4. The predicted octanol–water partition coefficient (Wildman–Crippen LogP) is 5.53. The summed E-state index contributed by atoms with van der Waals surface area (Å²) in [6.07, 6.45) is -2.33. The van der Waals surface area contributed by atoms with Crippen LogP contribution in [0.2, 0.25) is 0 Å². The molecule has 2 rings (SSSR count). The summed E-state index contributed by atoms with van der Waals surface area (Å²) in [5.74, 6) is -2.08. The van der Waals surface area contributed by atoms with Gasteiger partial charge in [0.05, 0.1) is 12.2 Å². The molecule has 1 amide bonds. The van der Waals surface area contributed by atoms with Gasteiger partial charge < -0.3 is 33.3 Å². The highest BCUT2D eigenvalue weighted by Gasteiger charge is 2.31. The van der Waals surface area contributed by atoms with Gasteiger partial charge in [-0.25, -0.2) is 4.79 Å². The molecule has 0 heterocycles. The minimum absolute atomic E-state index is 0.0235. The Morgan fingerprint density at radius 2 is 1.51 bits per heavy atom. The van der Waals surface area contributed by atoms with Gasteiger partial charge in [-0.05, 0) is 57.4 Å². The fourth-order valence-electron chi connectivity index (χ4n) is 3.44. The van der Waals surface area contributed by atoms with Crippen LogP contribution in [-0.4, -0.2) is 53.5 Å². The Bertz CT molecular complexity index is 1180. The van der Waals surface area contributed by atoms with Gasteiger partial charge in [-0.15, -0.1) is 0 Å². The predicted molar refractivity (Wildman–Crippen MR) is 152 cm³/mol. The van der Waals surface area contributed by atoms with E-state index >= 15 is 0 Å². The van der Waals surface area contributed by atoms with Gasteiger partial charge in [-0.3, -0.25) is 19.2 Å². The van der Waals surface area contributed by atoms with Crippen molar-refractivity contribution in [3.8, 4) is 5.75 Å². The number of aliphatic hydroxyl groups excluding tert-OH is 1. The Labute approximate surface area is 240 Å². The molecule has 0 aliphatic heterocycles. The quantitative estimate of drug-likeness (QED) is 0.116. The number of benzene rings is 2. The molecule has 0 saturated heterocycles. The highest BCUT2D eigenvalue weighted by atomic mass is 31.2. The van der Waals surface area contributed by atoms with Gasteiger partial charge in [-0.2, -0.15) is 0 Å². The molecule has 41 heavy (non-hydrogen) atoms. The van der Waals surface area contributed by atoms with Crippen LogP contribution in [0, 0.1) is 0 Å². The van der Waals surface area contributed by atoms with Gasteiger partial charge in [0.15, 0.2) is 18.9 Å². The number of esters is 1. The van der Waals surface area contributed by atoms with E-state index in [0.717, 1.165) is 5.56 Å². The molecule has 0 spiro atoms. The first-order valence-electron chi connectivity index (χ1n) is 13.1. The molecular weight excluding hydrogens is 576 g/mol. The van der Waals surface area contributed by atoms with Crippen LogP contribution in [0.4, 0.5) is 4.79 Å². The minimum Gasteiger partial charge on any atom is -0.481 e. The van der Waals surface area contributed by atoms with Crippen LogP contribution in [0.5, 0.6) is 5.75 Å². The van der Waals surface area contributed by atoms with E-state index in [4.69, 9.17) is 23.3 Å². The molecule has 0 aliphatic carbocycles. The van der Waals surface area contributed by atoms with E-state index in [2.05, 4.69) is 5.32 Å². The monoisotopic (exact) mass is 615 g/mol. The van der Waals surface area contributed by atoms with E-state index in [9.17, 15) is 28.7 Å². The molecule has 14 heteroatoms. The first kappa shape index (κ1) is 34.5. The summed E-state index contributed by atoms with van der Waals surface area (Å²) >= 11 is 0. The van der Waals surface area contributed by atoms with E-state index in [1.165, 1.54) is 24.3 Å². The maximum Gasteiger partial charge on any atom is 0.410 e. The summed E-state index contributed by atoms with van der Waals surface area (Å²) < 4.78 is 51.9. The number of nitrogens with one attached hydrogen (secondary N) is 1. The summed E-state index contributed by atoms with van der Waals surface area (Å²) in [5.41, 5.74) is 0.972. The molecule has 2 aromatic rings. The SMILES string of the molecule is CC(C)OP(=O)(COc1ccc([C@@H](O)P(=O)(O)CCCC(=O)OCNC(=O)OCc2ccccc2)cc1)OC(C)C. The molecule has 0 aromatic heterocycles. The first-order valence-corrected chi connectivity index (χ1v) is 16.7. The van der Waals surface area contributed by atoms with Gasteiger partial charge in [-0.1, -0.05) is 42.5 Å². The van der Waals surface area contributed by atoms with E-state index in [-0.39, 0.29) is 49.7 Å². The van der Waals surface area contributed by atoms with E-state index in [0.29, 0.717) is 5.75 Å². The molecule has 2 atom stereocenters. The molecule has 12 nitrogen and oxygen atoms in total. The molecule has 0 aliphatic rings. The van der Waals surface area contributed by atoms with Crippen LogP contribution < -0.4 is 10.1 Å². The maximum atomic E-state index is 12.9. The average molecular weight is 616 g/mol. The number of ether oxygens (including phenoxy) is 3. The fraction of sp³-hybridized carbons (Fsp3) is 0.481. The third-order valence-electron chi connectivity index (χ3n) is 5.21. The Morgan fingerprint density at radius 1 is 0.902 bits per heavy atom. The van der Waals surface area contributed by atoms with Gasteiger partial charge >= 0.3 is 19.7 Å². The van der Waals surface area contributed by atoms with Crippen LogP contribution in [0.3, 0.4) is 0 Å². The van der Waals surface area contributed by atoms with Crippen LogP contribution in [0.1, 0.15) is 57.5 Å². The number of rotatable bonds is 17. The second kappa shape index (κ2) is 16.7. The molecule has 3 N–H and O–H groups in total. The Morgan fingerprint density at radius 3 is 2.10 bits per heavy atom. The van der Waals surface area contributed by atoms with Gasteiger partial charge in [0.1, 0.15) is 12.4 Å². The number of hydrogen-bond acceptors (Lipinski definition) is 10. The van der Waals surface area contributed by atoms with Crippen molar-refractivity contribution >= 4 is 27.0 Å². The molecule has 2 aromatic carbocycles. The minimum atomic E-state index is -4.10. The number of aliphatic hydroxyl groups is 1. The van der Waals surface area contributed by atoms with Crippen molar-refractivity contribution in [3.63, 3.8) is 0 Å². The normalized spacial score (nSPS) is 13.9. The summed E-state index contributed by atoms with van der Waals surface area (Å²) in [7, 11) is -7.62. The lowest BCUT2D eigenvalue weighted by molar-refractivity contribution is -0.144. The average Bonchev–Trinajstić information content (AvgIpc) is 2.90. The van der Waals surface area contributed by atoms with Crippen molar-refractivity contribution in [3.05, 3.63) is 65.7 Å². The summed E-state index contributed by atoms with van der Waals surface area (Å²) in [6, 6.07) is 14.8. The third kappa shape index (κ3) is 13.2. The van der Waals surface area contributed by atoms with Gasteiger partial charge in [0, 0.05) is 12.6 Å². The van der Waals surface area contributed by atoms with Crippen LogP contribution in [-0.2, 0) is 39.1 Å². The van der Waals surface area contributed by atoms with E-state index in [1.54, 1.807) is 39.8 Å². The molecule has 228 valence electrons. The number of alkyl carbamates (subject to hydrolysis) is 1. The smallest absolute Gasteiger partial charge is 0.410 e. The van der Waals surface area contributed by atoms with Gasteiger partial charge in [0.25, 0.3) is 0 Å². The molecule has 0 bridgehead atoms. The lowest BCUT2D eigenvalue weighted by Crippen LogP contribution is -2.28. The highest BCUT2D eigenvalue weighted by molar-refractivity contribution is 7.58. The van der Waals surface area contributed by atoms with E-state index in [1.807, 2.05) is 18.2 Å². The van der Waals surface area contributed by atoms with Crippen molar-refractivity contribution < 1.29 is 52.0 Å². The molecule has 0 saturated carbocycles. The maximum absolute atomic E-state index is 12.9. The summed E-state index contributed by atoms with van der Waals surface area (Å²) in [5, 5.41) is 12.8. The molecule has 1 unspecified atom stereocenters. The molecule has 0 fully saturated rings. The van der Waals surface area contributed by atoms with Gasteiger partial charge in [0.2, 0.25) is 7.37 Å². The number of amides is 1. The Hall–Kier alpha value is -2.72. The third-order valence-corrected chi connectivity index (χ3v) is 9.16. The second-order valence-corrected chi connectivity index (χ2v) is 14.0. The molecular formula is C27H39NO11P2. The summed E-state index contributed by atoms with van der Waals surface area (Å²) in [4.78, 5) is 34.0. The Kier molecular flexibility index (Phi) is 14.0. The van der Waals surface area contributed by atoms with Crippen molar-refractivity contribution in [2.24, 2.45) is 0 Å². The summed E-state index contributed by atoms with van der Waals surface area (Å²) in [6.45, 7) is 6.56. The first-order chi connectivity index (χ1) is 19.3. The van der Waals surface area contributed by atoms with Crippen molar-refractivity contribution in [1.82, 2.24) is 5.32 Å². The Balaban J connectivity index is 1.74. The number of carbonyl (C=O) groups excluding carboxylic acids is 2. The number of hydrogen-bond donors (Lipinski definition) is 3. The number of carbonyl (C=O) groups is 2. The van der Waals surface area contributed by atoms with Crippen LogP contribution in [0.15, 0.2) is 54.6 Å².